The Labute approximate surface area is 166 Å². The number of halogens is 1. The van der Waals surface area contributed by atoms with Gasteiger partial charge >= 0.3 is 0 Å². The van der Waals surface area contributed by atoms with E-state index in [1.807, 2.05) is 17.0 Å². The molecule has 2 aromatic carbocycles. The average Bonchev–Trinajstić information content (AvgIpc) is 3.36. The molecular formula is C21H20FN3O2S. The van der Waals surface area contributed by atoms with E-state index in [1.165, 1.54) is 29.0 Å². The molecule has 0 saturated carbocycles. The molecule has 3 heterocycles. The fraction of sp³-hybridized carbons (Fsp3) is 0.333. The number of fused-ring (bicyclic) bond motifs is 3. The van der Waals surface area contributed by atoms with Gasteiger partial charge in [-0.05, 0) is 36.2 Å². The zero-order chi connectivity index (χ0) is 19.3. The molecule has 2 bridgehead atoms. The number of piperazine rings is 1. The molecular weight excluding hydrogens is 377 g/mol. The van der Waals surface area contributed by atoms with Crippen LogP contribution in [0.25, 0.3) is 10.2 Å². The van der Waals surface area contributed by atoms with Crippen LogP contribution in [0.5, 0.6) is 10.9 Å². The first-order valence-corrected chi connectivity index (χ1v) is 10.2. The smallest absolute Gasteiger partial charge is 0.279 e. The van der Waals surface area contributed by atoms with Crippen molar-refractivity contribution in [2.24, 2.45) is 0 Å². The van der Waals surface area contributed by atoms with E-state index in [2.05, 4.69) is 22.0 Å². The van der Waals surface area contributed by atoms with Gasteiger partial charge in [0.25, 0.3) is 5.19 Å². The Morgan fingerprint density at radius 2 is 2.04 bits per heavy atom. The van der Waals surface area contributed by atoms with Gasteiger partial charge in [0.1, 0.15) is 11.6 Å². The molecule has 2 fully saturated rings. The quantitative estimate of drug-likeness (QED) is 0.667. The Morgan fingerprint density at radius 1 is 1.21 bits per heavy atom. The van der Waals surface area contributed by atoms with E-state index < -0.39 is 0 Å². The first kappa shape index (κ1) is 17.6. The molecule has 0 radical (unpaired) electrons. The van der Waals surface area contributed by atoms with Crippen LogP contribution in [0.4, 0.5) is 4.39 Å². The Hall–Kier alpha value is -2.51. The number of amides is 1. The summed E-state index contributed by atoms with van der Waals surface area (Å²) in [6.07, 6.45) is 1.08. The Morgan fingerprint density at radius 3 is 2.75 bits per heavy atom. The summed E-state index contributed by atoms with van der Waals surface area (Å²) in [6, 6.07) is 13.4. The standard InChI is InChI=1S/C21H20FN3O2S/c1-13(26)25-12-16-9-17(25)11-24(16)10-14-2-5-18(6-3-14)27-21-23-19-8-15(22)4-7-20(19)28-21/h2-8,16-17H,9-12H2,1H3/t16-,17-/m0/s1. The van der Waals surface area contributed by atoms with Crippen LogP contribution >= 0.6 is 11.3 Å². The van der Waals surface area contributed by atoms with Gasteiger partial charge in [-0.15, -0.1) is 0 Å². The molecule has 0 unspecified atom stereocenters. The van der Waals surface area contributed by atoms with Crippen LogP contribution in [0.15, 0.2) is 42.5 Å². The molecule has 2 saturated heterocycles. The maximum Gasteiger partial charge on any atom is 0.279 e. The summed E-state index contributed by atoms with van der Waals surface area (Å²) in [4.78, 5) is 20.4. The molecule has 5 rings (SSSR count). The minimum absolute atomic E-state index is 0.186. The van der Waals surface area contributed by atoms with Crippen molar-refractivity contribution in [1.82, 2.24) is 14.8 Å². The van der Waals surface area contributed by atoms with Gasteiger partial charge in [0, 0.05) is 44.7 Å². The largest absolute Gasteiger partial charge is 0.431 e. The average molecular weight is 397 g/mol. The molecule has 0 spiro atoms. The number of carbonyl (C=O) groups is 1. The lowest BCUT2D eigenvalue weighted by Crippen LogP contribution is -2.47. The van der Waals surface area contributed by atoms with Crippen LogP contribution in [0, 0.1) is 5.82 Å². The lowest BCUT2D eigenvalue weighted by molar-refractivity contribution is -0.131. The SMILES string of the molecule is CC(=O)N1C[C@@H]2C[C@H]1CN2Cc1ccc(Oc2nc3cc(F)ccc3s2)cc1. The number of hydrogen-bond donors (Lipinski definition) is 0. The van der Waals surface area contributed by atoms with Gasteiger partial charge in [-0.3, -0.25) is 9.69 Å². The maximum absolute atomic E-state index is 13.3. The lowest BCUT2D eigenvalue weighted by Gasteiger charge is -2.33. The summed E-state index contributed by atoms with van der Waals surface area (Å²) >= 11 is 1.40. The van der Waals surface area contributed by atoms with E-state index in [0.717, 1.165) is 30.8 Å². The number of aromatic nitrogens is 1. The highest BCUT2D eigenvalue weighted by molar-refractivity contribution is 7.20. The minimum Gasteiger partial charge on any atom is -0.431 e. The lowest BCUT2D eigenvalue weighted by atomic mass is 10.2. The molecule has 2 atom stereocenters. The van der Waals surface area contributed by atoms with Crippen LogP contribution in [0.1, 0.15) is 18.9 Å². The molecule has 0 aliphatic carbocycles. The van der Waals surface area contributed by atoms with Gasteiger partial charge in [0.05, 0.1) is 10.2 Å². The van der Waals surface area contributed by atoms with E-state index in [0.29, 0.717) is 28.5 Å². The summed E-state index contributed by atoms with van der Waals surface area (Å²) in [5, 5.41) is 0.509. The number of thiazole rings is 1. The Kier molecular flexibility index (Phi) is 4.29. The molecule has 1 amide bonds. The highest BCUT2D eigenvalue weighted by Crippen LogP contribution is 2.33. The third-order valence-corrected chi connectivity index (χ3v) is 6.52. The third kappa shape index (κ3) is 3.25. The summed E-state index contributed by atoms with van der Waals surface area (Å²) < 4.78 is 20.0. The summed E-state index contributed by atoms with van der Waals surface area (Å²) in [5.74, 6) is 0.607. The van der Waals surface area contributed by atoms with E-state index in [9.17, 15) is 9.18 Å². The van der Waals surface area contributed by atoms with Crippen molar-refractivity contribution in [3.63, 3.8) is 0 Å². The fourth-order valence-corrected chi connectivity index (χ4v) is 5.07. The zero-order valence-corrected chi connectivity index (χ0v) is 16.3. The highest BCUT2D eigenvalue weighted by Gasteiger charge is 2.43. The Balaban J connectivity index is 1.23. The van der Waals surface area contributed by atoms with Gasteiger partial charge in [-0.25, -0.2) is 9.37 Å². The number of carbonyl (C=O) groups excluding carboxylic acids is 1. The van der Waals surface area contributed by atoms with Crippen molar-refractivity contribution in [3.8, 4) is 10.9 Å². The number of nitrogens with zero attached hydrogens (tertiary/aromatic N) is 3. The highest BCUT2D eigenvalue weighted by atomic mass is 32.1. The summed E-state index contributed by atoms with van der Waals surface area (Å²) in [5.41, 5.74) is 1.83. The van der Waals surface area contributed by atoms with Gasteiger partial charge < -0.3 is 9.64 Å². The van der Waals surface area contributed by atoms with Gasteiger partial charge in [-0.2, -0.15) is 0 Å². The molecule has 28 heavy (non-hydrogen) atoms. The van der Waals surface area contributed by atoms with Crippen molar-refractivity contribution in [2.45, 2.75) is 32.0 Å². The number of likely N-dealkylation sites (tertiary alicyclic amines) is 2. The normalized spacial score (nSPS) is 21.6. The second-order valence-electron chi connectivity index (χ2n) is 7.48. The van der Waals surface area contributed by atoms with Crippen molar-refractivity contribution in [1.29, 1.82) is 0 Å². The van der Waals surface area contributed by atoms with Crippen LogP contribution in [-0.2, 0) is 11.3 Å². The summed E-state index contributed by atoms with van der Waals surface area (Å²) in [7, 11) is 0. The predicted octanol–water partition coefficient (Wildman–Crippen LogP) is 4.03. The van der Waals surface area contributed by atoms with E-state index in [1.54, 1.807) is 13.0 Å². The summed E-state index contributed by atoms with van der Waals surface area (Å²) in [6.45, 7) is 4.34. The maximum atomic E-state index is 13.3. The number of hydrogen-bond acceptors (Lipinski definition) is 5. The molecule has 7 heteroatoms. The van der Waals surface area contributed by atoms with Gasteiger partial charge in [0.15, 0.2) is 0 Å². The topological polar surface area (TPSA) is 45.7 Å². The third-order valence-electron chi connectivity index (χ3n) is 5.60. The van der Waals surface area contributed by atoms with Crippen LogP contribution in [0.2, 0.25) is 0 Å². The van der Waals surface area contributed by atoms with Gasteiger partial charge in [0.2, 0.25) is 5.91 Å². The molecule has 2 aliphatic rings. The number of benzene rings is 2. The second-order valence-corrected chi connectivity index (χ2v) is 8.48. The first-order chi connectivity index (χ1) is 13.5. The van der Waals surface area contributed by atoms with E-state index in [4.69, 9.17) is 4.74 Å². The number of ether oxygens (including phenoxy) is 1. The van der Waals surface area contributed by atoms with Crippen molar-refractivity contribution in [3.05, 3.63) is 53.8 Å². The Bertz CT molecular complexity index is 1040. The van der Waals surface area contributed by atoms with Crippen molar-refractivity contribution >= 4 is 27.5 Å². The molecule has 2 aliphatic heterocycles. The molecule has 144 valence electrons. The zero-order valence-electron chi connectivity index (χ0n) is 15.5. The van der Waals surface area contributed by atoms with Crippen LogP contribution in [0.3, 0.4) is 0 Å². The molecule has 0 N–H and O–H groups in total. The monoisotopic (exact) mass is 397 g/mol. The molecule has 3 aromatic rings. The predicted molar refractivity (Wildman–Crippen MR) is 106 cm³/mol. The first-order valence-electron chi connectivity index (χ1n) is 9.39. The minimum atomic E-state index is -0.296. The second kappa shape index (κ2) is 6.83. The fourth-order valence-electron chi connectivity index (χ4n) is 4.25. The van der Waals surface area contributed by atoms with Crippen LogP contribution < -0.4 is 4.74 Å². The number of rotatable bonds is 4. The van der Waals surface area contributed by atoms with E-state index in [-0.39, 0.29) is 11.7 Å². The molecule has 5 nitrogen and oxygen atoms in total. The van der Waals surface area contributed by atoms with Crippen molar-refractivity contribution in [2.75, 3.05) is 13.1 Å². The van der Waals surface area contributed by atoms with E-state index >= 15 is 0 Å². The van der Waals surface area contributed by atoms with Crippen molar-refractivity contribution < 1.29 is 13.9 Å². The van der Waals surface area contributed by atoms with Gasteiger partial charge in [-0.1, -0.05) is 23.5 Å². The van der Waals surface area contributed by atoms with Crippen LogP contribution in [-0.4, -0.2) is 45.9 Å². The molecule has 1 aromatic heterocycles.